The van der Waals surface area contributed by atoms with Crippen molar-refractivity contribution in [3.63, 3.8) is 0 Å². The van der Waals surface area contributed by atoms with Crippen molar-refractivity contribution in [2.75, 3.05) is 27.3 Å². The molecule has 0 radical (unpaired) electrons. The van der Waals surface area contributed by atoms with Crippen LogP contribution in [-0.4, -0.2) is 64.0 Å². The maximum absolute atomic E-state index is 12.4. The van der Waals surface area contributed by atoms with Crippen LogP contribution in [0.2, 0.25) is 0 Å². The molecule has 8 heteroatoms. The molecule has 0 aliphatic heterocycles. The van der Waals surface area contributed by atoms with Gasteiger partial charge in [0.2, 0.25) is 0 Å². The molecule has 4 rings (SSSR count). The van der Waals surface area contributed by atoms with Crippen LogP contribution >= 0.6 is 0 Å². The normalized spacial score (nSPS) is 23.3. The SMILES string of the molecule is CC[C@@H]1C[C@H](OC(=O)N(C)CCOC)C[C@@H]1c1nnc2cnc3c(n12)C=CC3. The van der Waals surface area contributed by atoms with Crippen LogP contribution in [0.5, 0.6) is 0 Å². The van der Waals surface area contributed by atoms with E-state index in [0.717, 1.165) is 48.5 Å². The van der Waals surface area contributed by atoms with Gasteiger partial charge in [0.15, 0.2) is 5.65 Å². The van der Waals surface area contributed by atoms with Gasteiger partial charge in [-0.2, -0.15) is 0 Å². The van der Waals surface area contributed by atoms with Gasteiger partial charge in [0, 0.05) is 33.0 Å². The molecule has 2 heterocycles. The average molecular weight is 385 g/mol. The number of allylic oxidation sites excluding steroid dienone is 1. The minimum absolute atomic E-state index is 0.106. The molecule has 1 amide bonds. The fourth-order valence-electron chi connectivity index (χ4n) is 4.31. The number of methoxy groups -OCH3 is 1. The third-order valence-corrected chi connectivity index (χ3v) is 5.89. The quantitative estimate of drug-likeness (QED) is 0.760. The van der Waals surface area contributed by atoms with Crippen LogP contribution in [0.3, 0.4) is 0 Å². The van der Waals surface area contributed by atoms with E-state index >= 15 is 0 Å². The lowest BCUT2D eigenvalue weighted by molar-refractivity contribution is 0.0622. The second kappa shape index (κ2) is 7.87. The zero-order valence-corrected chi connectivity index (χ0v) is 16.7. The molecule has 0 aromatic carbocycles. The molecule has 2 aromatic heterocycles. The molecule has 0 N–H and O–H groups in total. The lowest BCUT2D eigenvalue weighted by Crippen LogP contribution is -2.33. The van der Waals surface area contributed by atoms with Crippen molar-refractivity contribution in [1.29, 1.82) is 0 Å². The van der Waals surface area contributed by atoms with Crippen LogP contribution in [0.4, 0.5) is 4.79 Å². The monoisotopic (exact) mass is 385 g/mol. The van der Waals surface area contributed by atoms with E-state index in [4.69, 9.17) is 9.47 Å². The topological polar surface area (TPSA) is 81.8 Å². The third kappa shape index (κ3) is 3.37. The number of carbonyl (C=O) groups excluding carboxylic acids is 1. The fourth-order valence-corrected chi connectivity index (χ4v) is 4.31. The Balaban J connectivity index is 1.54. The number of likely N-dealkylation sites (N-methyl/N-ethyl adjacent to an activating group) is 1. The number of rotatable bonds is 6. The van der Waals surface area contributed by atoms with E-state index in [2.05, 4.69) is 38.7 Å². The Labute approximate surface area is 164 Å². The molecular formula is C20H27N5O3. The van der Waals surface area contributed by atoms with Crippen molar-refractivity contribution in [3.05, 3.63) is 29.5 Å². The zero-order valence-electron chi connectivity index (χ0n) is 16.7. The number of ether oxygens (including phenoxy) is 2. The summed E-state index contributed by atoms with van der Waals surface area (Å²) in [5.74, 6) is 1.57. The molecule has 8 nitrogen and oxygen atoms in total. The van der Waals surface area contributed by atoms with Crippen molar-refractivity contribution < 1.29 is 14.3 Å². The first-order valence-electron chi connectivity index (χ1n) is 9.92. The van der Waals surface area contributed by atoms with Gasteiger partial charge in [-0.15, -0.1) is 10.2 Å². The fraction of sp³-hybridized carbons (Fsp3) is 0.600. The minimum atomic E-state index is -0.295. The van der Waals surface area contributed by atoms with Gasteiger partial charge in [-0.3, -0.25) is 9.38 Å². The number of fused-ring (bicyclic) bond motifs is 3. The summed E-state index contributed by atoms with van der Waals surface area (Å²) in [5, 5.41) is 8.86. The Morgan fingerprint density at radius 1 is 1.36 bits per heavy atom. The molecule has 150 valence electrons. The molecule has 2 aliphatic rings. The number of aromatic nitrogens is 4. The van der Waals surface area contributed by atoms with Gasteiger partial charge >= 0.3 is 6.09 Å². The molecule has 1 fully saturated rings. The van der Waals surface area contributed by atoms with Crippen LogP contribution in [0, 0.1) is 5.92 Å². The summed E-state index contributed by atoms with van der Waals surface area (Å²) in [6.45, 7) is 3.19. The molecule has 3 atom stereocenters. The van der Waals surface area contributed by atoms with Crippen molar-refractivity contribution >= 4 is 17.8 Å². The zero-order chi connectivity index (χ0) is 19.7. The smallest absolute Gasteiger partial charge is 0.409 e. The number of hydrogen-bond acceptors (Lipinski definition) is 6. The van der Waals surface area contributed by atoms with Crippen molar-refractivity contribution in [3.8, 4) is 0 Å². The van der Waals surface area contributed by atoms with Gasteiger partial charge in [0.25, 0.3) is 0 Å². The highest BCUT2D eigenvalue weighted by Gasteiger charge is 2.39. The molecule has 0 unspecified atom stereocenters. The van der Waals surface area contributed by atoms with Crippen molar-refractivity contribution in [2.24, 2.45) is 5.92 Å². The number of amides is 1. The lowest BCUT2D eigenvalue weighted by Gasteiger charge is -2.19. The summed E-state index contributed by atoms with van der Waals surface area (Å²) in [6, 6.07) is 0. The third-order valence-electron chi connectivity index (χ3n) is 5.89. The van der Waals surface area contributed by atoms with Gasteiger partial charge in [0.1, 0.15) is 11.9 Å². The van der Waals surface area contributed by atoms with E-state index in [1.165, 1.54) is 0 Å². The van der Waals surface area contributed by atoms with E-state index in [1.807, 2.05) is 0 Å². The Morgan fingerprint density at radius 2 is 2.21 bits per heavy atom. The highest BCUT2D eigenvalue weighted by molar-refractivity contribution is 5.67. The average Bonchev–Trinajstić information content (AvgIpc) is 3.41. The number of hydrogen-bond donors (Lipinski definition) is 0. The van der Waals surface area contributed by atoms with Gasteiger partial charge in [-0.05, 0) is 24.8 Å². The summed E-state index contributed by atoms with van der Waals surface area (Å²) < 4.78 is 12.9. The van der Waals surface area contributed by atoms with Crippen LogP contribution in [0.1, 0.15) is 49.3 Å². The standard InChI is InChI=1S/C20H27N5O3/c1-4-13-10-14(28-20(26)24(2)8-9-27-3)11-15(13)19-23-22-18-12-21-16-6-5-7-17(16)25(18)19/h5,7,12-15H,4,6,8-11H2,1-3H3/t13-,14+,15+/m1/s1. The summed E-state index contributed by atoms with van der Waals surface area (Å²) >= 11 is 0. The Kier molecular flexibility index (Phi) is 5.30. The minimum Gasteiger partial charge on any atom is -0.446 e. The predicted molar refractivity (Wildman–Crippen MR) is 104 cm³/mol. The van der Waals surface area contributed by atoms with Gasteiger partial charge in [0.05, 0.1) is 24.2 Å². The van der Waals surface area contributed by atoms with Crippen LogP contribution in [0.25, 0.3) is 11.7 Å². The maximum atomic E-state index is 12.4. The largest absolute Gasteiger partial charge is 0.446 e. The Bertz CT molecular complexity index is 893. The lowest BCUT2D eigenvalue weighted by atomic mass is 9.93. The second-order valence-corrected chi connectivity index (χ2v) is 7.61. The van der Waals surface area contributed by atoms with Crippen molar-refractivity contribution in [1.82, 2.24) is 24.5 Å². The first kappa shape index (κ1) is 18.9. The van der Waals surface area contributed by atoms with E-state index in [1.54, 1.807) is 25.3 Å². The molecule has 0 spiro atoms. The summed E-state index contributed by atoms with van der Waals surface area (Å²) in [5.41, 5.74) is 2.91. The predicted octanol–water partition coefficient (Wildman–Crippen LogP) is 2.68. The Morgan fingerprint density at radius 3 is 3.00 bits per heavy atom. The molecule has 0 bridgehead atoms. The van der Waals surface area contributed by atoms with Crippen molar-refractivity contribution in [2.45, 2.75) is 44.6 Å². The first-order valence-corrected chi connectivity index (χ1v) is 9.92. The Hall–Kier alpha value is -2.48. The summed E-state index contributed by atoms with van der Waals surface area (Å²) in [6.07, 6.45) is 9.08. The van der Waals surface area contributed by atoms with E-state index in [0.29, 0.717) is 19.1 Å². The van der Waals surface area contributed by atoms with Gasteiger partial charge in [-0.1, -0.05) is 19.4 Å². The van der Waals surface area contributed by atoms with Gasteiger partial charge in [-0.25, -0.2) is 4.79 Å². The first-order chi connectivity index (χ1) is 13.6. The molecule has 0 saturated heterocycles. The summed E-state index contributed by atoms with van der Waals surface area (Å²) in [4.78, 5) is 18.4. The number of nitrogens with zero attached hydrogens (tertiary/aromatic N) is 5. The molecule has 28 heavy (non-hydrogen) atoms. The highest BCUT2D eigenvalue weighted by atomic mass is 16.6. The van der Waals surface area contributed by atoms with Crippen LogP contribution < -0.4 is 0 Å². The molecular weight excluding hydrogens is 358 g/mol. The van der Waals surface area contributed by atoms with E-state index in [-0.39, 0.29) is 18.1 Å². The van der Waals surface area contributed by atoms with E-state index in [9.17, 15) is 4.79 Å². The van der Waals surface area contributed by atoms with Gasteiger partial charge < -0.3 is 14.4 Å². The molecule has 2 aliphatic carbocycles. The van der Waals surface area contributed by atoms with Crippen LogP contribution in [-0.2, 0) is 15.9 Å². The molecule has 1 saturated carbocycles. The maximum Gasteiger partial charge on any atom is 0.409 e. The molecule has 2 aromatic rings. The van der Waals surface area contributed by atoms with E-state index < -0.39 is 0 Å². The summed E-state index contributed by atoms with van der Waals surface area (Å²) in [7, 11) is 3.36. The second-order valence-electron chi connectivity index (χ2n) is 7.61. The number of carbonyl (C=O) groups is 1. The van der Waals surface area contributed by atoms with Crippen LogP contribution in [0.15, 0.2) is 12.3 Å². The highest BCUT2D eigenvalue weighted by Crippen LogP contribution is 2.42.